The van der Waals surface area contributed by atoms with Gasteiger partial charge in [-0.05, 0) is 6.42 Å². The maximum atomic E-state index is 11.0. The lowest BCUT2D eigenvalue weighted by atomic mass is 10.6. The van der Waals surface area contributed by atoms with E-state index in [0.29, 0.717) is 6.42 Å². The lowest BCUT2D eigenvalue weighted by Gasteiger charge is -2.12. The molecule has 0 radical (unpaired) electrons. The van der Waals surface area contributed by atoms with Gasteiger partial charge in [0.1, 0.15) is 0 Å². The summed E-state index contributed by atoms with van der Waals surface area (Å²) in [5.41, 5.74) is 0. The Morgan fingerprint density at radius 3 is 2.30 bits per heavy atom. The summed E-state index contributed by atoms with van der Waals surface area (Å²) < 4.78 is 22.8. The van der Waals surface area contributed by atoms with Crippen molar-refractivity contribution in [3.05, 3.63) is 0 Å². The van der Waals surface area contributed by atoms with Crippen molar-refractivity contribution in [2.24, 2.45) is 0 Å². The van der Waals surface area contributed by atoms with Crippen LogP contribution >= 0.6 is 0 Å². The Labute approximate surface area is 61.8 Å². The van der Waals surface area contributed by atoms with Crippen molar-refractivity contribution in [3.8, 4) is 0 Å². The molecular formula is C5H13NO3S. The molecule has 0 atom stereocenters. The standard InChI is InChI=1S/C5H13NO3S/c1-4-5-10(7,8)6(2)9-3/h4-5H2,1-3H3. The van der Waals surface area contributed by atoms with Crippen molar-refractivity contribution in [1.82, 2.24) is 4.47 Å². The first-order valence-corrected chi connectivity index (χ1v) is 4.66. The van der Waals surface area contributed by atoms with Gasteiger partial charge in [-0.1, -0.05) is 11.4 Å². The number of hydrogen-bond donors (Lipinski definition) is 0. The highest BCUT2D eigenvalue weighted by molar-refractivity contribution is 7.88. The molecule has 0 aromatic rings. The Bertz CT molecular complexity index is 175. The first-order valence-electron chi connectivity index (χ1n) is 3.05. The van der Waals surface area contributed by atoms with Crippen LogP contribution in [-0.2, 0) is 14.9 Å². The number of hydroxylamine groups is 1. The van der Waals surface area contributed by atoms with Crippen LogP contribution in [-0.4, -0.2) is 32.8 Å². The Kier molecular flexibility index (Phi) is 3.85. The fourth-order valence-electron chi connectivity index (χ4n) is 0.500. The molecule has 0 aromatic heterocycles. The van der Waals surface area contributed by atoms with Gasteiger partial charge in [-0.2, -0.15) is 0 Å². The largest absolute Gasteiger partial charge is 0.288 e. The van der Waals surface area contributed by atoms with Crippen molar-refractivity contribution < 1.29 is 13.3 Å². The SMILES string of the molecule is CCCS(=O)(=O)N(C)OC. The van der Waals surface area contributed by atoms with Gasteiger partial charge in [0.2, 0.25) is 10.0 Å². The van der Waals surface area contributed by atoms with E-state index in [-0.39, 0.29) is 5.75 Å². The Morgan fingerprint density at radius 1 is 1.50 bits per heavy atom. The van der Waals surface area contributed by atoms with Gasteiger partial charge in [0.15, 0.2) is 0 Å². The molecule has 0 spiro atoms. The maximum absolute atomic E-state index is 11.0. The van der Waals surface area contributed by atoms with Gasteiger partial charge in [-0.3, -0.25) is 4.84 Å². The number of rotatable bonds is 4. The van der Waals surface area contributed by atoms with E-state index in [9.17, 15) is 8.42 Å². The second kappa shape index (κ2) is 3.90. The molecule has 0 aromatic carbocycles. The van der Waals surface area contributed by atoms with Crippen molar-refractivity contribution in [3.63, 3.8) is 0 Å². The van der Waals surface area contributed by atoms with Crippen LogP contribution in [0.3, 0.4) is 0 Å². The van der Waals surface area contributed by atoms with Crippen LogP contribution in [0.1, 0.15) is 13.3 Å². The Hall–Kier alpha value is -0.130. The second-order valence-corrected chi connectivity index (χ2v) is 3.99. The molecule has 0 aliphatic heterocycles. The molecule has 0 fully saturated rings. The second-order valence-electron chi connectivity index (χ2n) is 1.91. The lowest BCUT2D eigenvalue weighted by molar-refractivity contribution is -0.0258. The van der Waals surface area contributed by atoms with Gasteiger partial charge in [0, 0.05) is 7.05 Å². The molecule has 10 heavy (non-hydrogen) atoms. The summed E-state index contributed by atoms with van der Waals surface area (Å²) >= 11 is 0. The highest BCUT2D eigenvalue weighted by Crippen LogP contribution is 1.98. The molecule has 0 saturated heterocycles. The third kappa shape index (κ3) is 2.64. The van der Waals surface area contributed by atoms with E-state index in [1.54, 1.807) is 6.92 Å². The average Bonchev–Trinajstić information content (AvgIpc) is 1.86. The van der Waals surface area contributed by atoms with Crippen LogP contribution in [0.4, 0.5) is 0 Å². The molecule has 0 heterocycles. The molecular weight excluding hydrogens is 154 g/mol. The van der Waals surface area contributed by atoms with Crippen molar-refractivity contribution in [1.29, 1.82) is 0 Å². The van der Waals surface area contributed by atoms with E-state index in [1.165, 1.54) is 14.2 Å². The van der Waals surface area contributed by atoms with Gasteiger partial charge in [0.05, 0.1) is 12.9 Å². The minimum absolute atomic E-state index is 0.136. The minimum Gasteiger partial charge on any atom is -0.288 e. The van der Waals surface area contributed by atoms with Crippen LogP contribution < -0.4 is 0 Å². The number of sulfonamides is 1. The minimum atomic E-state index is -3.15. The first-order chi connectivity index (χ1) is 4.54. The molecule has 0 bridgehead atoms. The van der Waals surface area contributed by atoms with E-state index < -0.39 is 10.0 Å². The first kappa shape index (κ1) is 9.87. The van der Waals surface area contributed by atoms with Crippen molar-refractivity contribution in [2.75, 3.05) is 19.9 Å². The molecule has 0 rings (SSSR count). The smallest absolute Gasteiger partial charge is 0.235 e. The third-order valence-electron chi connectivity index (χ3n) is 1.11. The van der Waals surface area contributed by atoms with Crippen LogP contribution in [0.15, 0.2) is 0 Å². The molecule has 0 aliphatic carbocycles. The maximum Gasteiger partial charge on any atom is 0.235 e. The average molecular weight is 167 g/mol. The van der Waals surface area contributed by atoms with E-state index in [0.717, 1.165) is 4.47 Å². The van der Waals surface area contributed by atoms with Crippen LogP contribution in [0.2, 0.25) is 0 Å². The third-order valence-corrected chi connectivity index (χ3v) is 2.97. The summed E-state index contributed by atoms with van der Waals surface area (Å²) in [5, 5.41) is 0. The van der Waals surface area contributed by atoms with Crippen molar-refractivity contribution >= 4 is 10.0 Å². The summed E-state index contributed by atoms with van der Waals surface area (Å²) in [7, 11) is -0.443. The summed E-state index contributed by atoms with van der Waals surface area (Å²) in [6.45, 7) is 1.81. The summed E-state index contributed by atoms with van der Waals surface area (Å²) in [6.07, 6.45) is 0.607. The molecule has 0 saturated carbocycles. The van der Waals surface area contributed by atoms with Gasteiger partial charge < -0.3 is 0 Å². The quantitative estimate of drug-likeness (QED) is 0.563. The summed E-state index contributed by atoms with van der Waals surface area (Å²) in [4.78, 5) is 4.51. The van der Waals surface area contributed by atoms with Crippen molar-refractivity contribution in [2.45, 2.75) is 13.3 Å². The topological polar surface area (TPSA) is 46.6 Å². The van der Waals surface area contributed by atoms with Gasteiger partial charge in [-0.25, -0.2) is 8.42 Å². The number of nitrogens with zero attached hydrogens (tertiary/aromatic N) is 1. The molecule has 62 valence electrons. The van der Waals surface area contributed by atoms with Gasteiger partial charge >= 0.3 is 0 Å². The fourth-order valence-corrected chi connectivity index (χ4v) is 1.50. The summed E-state index contributed by atoms with van der Waals surface area (Å²) in [6, 6.07) is 0. The molecule has 0 amide bonds. The van der Waals surface area contributed by atoms with E-state index >= 15 is 0 Å². The number of hydrogen-bond acceptors (Lipinski definition) is 3. The van der Waals surface area contributed by atoms with Crippen LogP contribution in [0.25, 0.3) is 0 Å². The normalized spacial score (nSPS) is 12.4. The predicted octanol–water partition coefficient (Wildman–Crippen LogP) is 0.219. The monoisotopic (exact) mass is 167 g/mol. The summed E-state index contributed by atoms with van der Waals surface area (Å²) in [5.74, 6) is 0.136. The molecule has 5 heteroatoms. The zero-order valence-electron chi connectivity index (χ0n) is 6.49. The molecule has 0 N–H and O–H groups in total. The lowest BCUT2D eigenvalue weighted by Crippen LogP contribution is -2.27. The Balaban J connectivity index is 4.12. The van der Waals surface area contributed by atoms with Gasteiger partial charge in [-0.15, -0.1) is 0 Å². The zero-order valence-corrected chi connectivity index (χ0v) is 7.31. The van der Waals surface area contributed by atoms with E-state index in [4.69, 9.17) is 0 Å². The highest BCUT2D eigenvalue weighted by Gasteiger charge is 2.14. The Morgan fingerprint density at radius 2 is 2.00 bits per heavy atom. The molecule has 0 unspecified atom stereocenters. The van der Waals surface area contributed by atoms with Crippen LogP contribution in [0, 0.1) is 0 Å². The highest BCUT2D eigenvalue weighted by atomic mass is 32.2. The molecule has 0 aliphatic rings. The predicted molar refractivity (Wildman–Crippen MR) is 38.8 cm³/mol. The van der Waals surface area contributed by atoms with Crippen LogP contribution in [0.5, 0.6) is 0 Å². The molecule has 4 nitrogen and oxygen atoms in total. The van der Waals surface area contributed by atoms with Gasteiger partial charge in [0.25, 0.3) is 0 Å². The van der Waals surface area contributed by atoms with E-state index in [1.807, 2.05) is 0 Å². The zero-order chi connectivity index (χ0) is 8.20. The fraction of sp³-hybridized carbons (Fsp3) is 1.00. The van der Waals surface area contributed by atoms with E-state index in [2.05, 4.69) is 4.84 Å².